The van der Waals surface area contributed by atoms with Gasteiger partial charge in [0.1, 0.15) is 0 Å². The van der Waals surface area contributed by atoms with Gasteiger partial charge in [-0.1, -0.05) is 22.9 Å². The zero-order chi connectivity index (χ0) is 9.84. The highest BCUT2D eigenvalue weighted by Gasteiger charge is 2.04. The highest BCUT2D eigenvalue weighted by atomic mass is 79.9. The van der Waals surface area contributed by atoms with Crippen LogP contribution in [0.1, 0.15) is 18.1 Å². The number of nitrogens with zero attached hydrogens (tertiary/aromatic N) is 1. The van der Waals surface area contributed by atoms with Crippen molar-refractivity contribution in [1.82, 2.24) is 0 Å². The number of halogens is 1. The Hall–Kier alpha value is -0.500. The van der Waals surface area contributed by atoms with Gasteiger partial charge >= 0.3 is 0 Å². The fraction of sp³-hybridized carbons (Fsp3) is 0.300. The predicted molar refractivity (Wildman–Crippen MR) is 62.9 cm³/mol. The molecule has 0 amide bonds. The van der Waals surface area contributed by atoms with Gasteiger partial charge in [-0.05, 0) is 48.8 Å². The van der Waals surface area contributed by atoms with Crippen LogP contribution >= 0.6 is 28.1 Å². The van der Waals surface area contributed by atoms with Gasteiger partial charge in [0.2, 0.25) is 0 Å². The third kappa shape index (κ3) is 2.47. The van der Waals surface area contributed by atoms with Gasteiger partial charge in [0, 0.05) is 4.47 Å². The second-order valence-electron chi connectivity index (χ2n) is 2.79. The molecule has 0 bridgehead atoms. The molecule has 68 valence electrons. The zero-order valence-electron chi connectivity index (χ0n) is 7.60. The van der Waals surface area contributed by atoms with Crippen molar-refractivity contribution in [2.75, 3.05) is 0 Å². The lowest BCUT2D eigenvalue weighted by Crippen LogP contribution is -1.85. The fourth-order valence-corrected chi connectivity index (χ4v) is 1.99. The quantitative estimate of drug-likeness (QED) is 0.574. The van der Waals surface area contributed by atoms with E-state index in [9.17, 15) is 0 Å². The maximum absolute atomic E-state index is 4.61. The van der Waals surface area contributed by atoms with Gasteiger partial charge in [0.15, 0.2) is 0 Å². The summed E-state index contributed by atoms with van der Waals surface area (Å²) in [5.74, 6) is 0. The van der Waals surface area contributed by atoms with Crippen molar-refractivity contribution in [1.29, 1.82) is 0 Å². The van der Waals surface area contributed by atoms with Crippen LogP contribution in [0, 0.1) is 6.92 Å². The Bertz CT molecular complexity index is 367. The van der Waals surface area contributed by atoms with E-state index in [0.717, 1.165) is 22.1 Å². The molecule has 1 nitrogen and oxygen atoms in total. The summed E-state index contributed by atoms with van der Waals surface area (Å²) in [6.45, 7) is 4.12. The molecule has 1 rings (SSSR count). The van der Waals surface area contributed by atoms with Gasteiger partial charge in [-0.15, -0.1) is 0 Å². The van der Waals surface area contributed by atoms with E-state index in [-0.39, 0.29) is 0 Å². The lowest BCUT2D eigenvalue weighted by atomic mass is 10.1. The Morgan fingerprint density at radius 1 is 1.54 bits per heavy atom. The molecule has 0 spiro atoms. The normalized spacial score (nSPS) is 9.46. The minimum absolute atomic E-state index is 0.954. The van der Waals surface area contributed by atoms with E-state index in [0.29, 0.717) is 0 Å². The lowest BCUT2D eigenvalue weighted by molar-refractivity contribution is 1.12. The summed E-state index contributed by atoms with van der Waals surface area (Å²) in [6.07, 6.45) is 0.954. The number of rotatable bonds is 2. The summed E-state index contributed by atoms with van der Waals surface area (Å²) < 4.78 is 1.09. The summed E-state index contributed by atoms with van der Waals surface area (Å²) in [6, 6.07) is 4.10. The largest absolute Gasteiger partial charge is 0.194 e. The first-order valence-corrected chi connectivity index (χ1v) is 5.26. The van der Waals surface area contributed by atoms with E-state index in [4.69, 9.17) is 0 Å². The van der Waals surface area contributed by atoms with Crippen LogP contribution in [0.25, 0.3) is 0 Å². The molecule has 13 heavy (non-hydrogen) atoms. The second-order valence-corrected chi connectivity index (χ2v) is 3.89. The van der Waals surface area contributed by atoms with Crippen molar-refractivity contribution in [3.05, 3.63) is 27.7 Å². The van der Waals surface area contributed by atoms with Crippen molar-refractivity contribution < 1.29 is 0 Å². The summed E-state index contributed by atoms with van der Waals surface area (Å²) >= 11 is 8.06. The first kappa shape index (κ1) is 10.6. The van der Waals surface area contributed by atoms with E-state index in [2.05, 4.69) is 51.3 Å². The van der Waals surface area contributed by atoms with Crippen LogP contribution in [0.4, 0.5) is 5.69 Å². The molecule has 0 aliphatic carbocycles. The molecular weight excluding hydrogens is 246 g/mol. The molecule has 1 aromatic rings. The second kappa shape index (κ2) is 4.66. The van der Waals surface area contributed by atoms with Crippen LogP contribution in [-0.4, -0.2) is 5.16 Å². The molecular formula is C10H10BrNS. The van der Waals surface area contributed by atoms with E-state index >= 15 is 0 Å². The molecule has 0 saturated heterocycles. The minimum atomic E-state index is 0.954. The van der Waals surface area contributed by atoms with E-state index in [1.165, 1.54) is 5.56 Å². The van der Waals surface area contributed by atoms with Gasteiger partial charge < -0.3 is 0 Å². The van der Waals surface area contributed by atoms with Crippen LogP contribution < -0.4 is 0 Å². The molecule has 0 atom stereocenters. The molecule has 0 aromatic heterocycles. The van der Waals surface area contributed by atoms with Crippen molar-refractivity contribution in [2.45, 2.75) is 20.3 Å². The molecule has 0 saturated carbocycles. The van der Waals surface area contributed by atoms with Crippen LogP contribution in [0.3, 0.4) is 0 Å². The van der Waals surface area contributed by atoms with Gasteiger partial charge in [-0.25, -0.2) is 0 Å². The number of benzene rings is 1. The van der Waals surface area contributed by atoms with Gasteiger partial charge in [0.05, 0.1) is 10.8 Å². The Labute approximate surface area is 92.0 Å². The molecule has 0 aliphatic heterocycles. The summed E-state index contributed by atoms with van der Waals surface area (Å²) in [7, 11) is 0. The summed E-state index contributed by atoms with van der Waals surface area (Å²) in [4.78, 5) is 4.06. The number of isothiocyanates is 1. The standard InChI is InChI=1S/C10H10BrNS/c1-3-8-5-9(11)4-7(2)10(8)12-6-13/h4-5H,3H2,1-2H3. The van der Waals surface area contributed by atoms with Gasteiger partial charge in [-0.3, -0.25) is 0 Å². The Kier molecular flexibility index (Phi) is 3.79. The van der Waals surface area contributed by atoms with Crippen molar-refractivity contribution in [3.8, 4) is 0 Å². The van der Waals surface area contributed by atoms with E-state index in [1.54, 1.807) is 0 Å². The van der Waals surface area contributed by atoms with Crippen LogP contribution in [-0.2, 0) is 6.42 Å². The van der Waals surface area contributed by atoms with Gasteiger partial charge in [-0.2, -0.15) is 4.99 Å². The van der Waals surface area contributed by atoms with E-state index in [1.807, 2.05) is 13.0 Å². The summed E-state index contributed by atoms with van der Waals surface area (Å²) in [5, 5.41) is 2.41. The third-order valence-corrected chi connectivity index (χ3v) is 2.43. The highest BCUT2D eigenvalue weighted by molar-refractivity contribution is 9.10. The number of hydrogen-bond acceptors (Lipinski definition) is 2. The average molecular weight is 256 g/mol. The smallest absolute Gasteiger partial charge is 0.0801 e. The summed E-state index contributed by atoms with van der Waals surface area (Å²) in [5.41, 5.74) is 3.29. The SMILES string of the molecule is CCc1cc(Br)cc(C)c1N=C=S. The van der Waals surface area contributed by atoms with Crippen LogP contribution in [0.5, 0.6) is 0 Å². The maximum atomic E-state index is 4.61. The zero-order valence-corrected chi connectivity index (χ0v) is 10.00. The minimum Gasteiger partial charge on any atom is -0.194 e. The van der Waals surface area contributed by atoms with Crippen molar-refractivity contribution in [3.63, 3.8) is 0 Å². The molecule has 0 radical (unpaired) electrons. The average Bonchev–Trinajstić information content (AvgIpc) is 2.09. The maximum Gasteiger partial charge on any atom is 0.0801 e. The van der Waals surface area contributed by atoms with Gasteiger partial charge in [0.25, 0.3) is 0 Å². The molecule has 0 unspecified atom stereocenters. The number of hydrogen-bond donors (Lipinski definition) is 0. The number of aliphatic imine (C=N–C) groups is 1. The first-order valence-electron chi connectivity index (χ1n) is 4.06. The molecule has 0 N–H and O–H groups in total. The molecule has 0 heterocycles. The monoisotopic (exact) mass is 255 g/mol. The van der Waals surface area contributed by atoms with E-state index < -0.39 is 0 Å². The predicted octanol–water partition coefficient (Wildman–Crippen LogP) is 4.05. The number of thiocarbonyl (C=S) groups is 1. The third-order valence-electron chi connectivity index (χ3n) is 1.88. The Balaban J connectivity index is 3.37. The fourth-order valence-electron chi connectivity index (χ4n) is 1.28. The molecule has 0 fully saturated rings. The molecule has 3 heteroatoms. The number of aryl methyl sites for hydroxylation is 2. The Morgan fingerprint density at radius 2 is 2.23 bits per heavy atom. The molecule has 1 aromatic carbocycles. The first-order chi connectivity index (χ1) is 6.19. The topological polar surface area (TPSA) is 12.4 Å². The van der Waals surface area contributed by atoms with Crippen LogP contribution in [0.15, 0.2) is 21.6 Å². The van der Waals surface area contributed by atoms with Crippen LogP contribution in [0.2, 0.25) is 0 Å². The van der Waals surface area contributed by atoms with Crippen molar-refractivity contribution in [2.24, 2.45) is 4.99 Å². The highest BCUT2D eigenvalue weighted by Crippen LogP contribution is 2.28. The lowest BCUT2D eigenvalue weighted by Gasteiger charge is -2.06. The Morgan fingerprint density at radius 3 is 2.77 bits per heavy atom. The van der Waals surface area contributed by atoms with Crippen molar-refractivity contribution >= 4 is 39.0 Å². The molecule has 0 aliphatic rings.